The lowest BCUT2D eigenvalue weighted by molar-refractivity contribution is 0.151. The number of rotatable bonds is 3. The van der Waals surface area contributed by atoms with Gasteiger partial charge in [-0.05, 0) is 62.4 Å². The van der Waals surface area contributed by atoms with Crippen LogP contribution in [0.1, 0.15) is 24.8 Å². The normalized spacial score (nSPS) is 17.6. The molecule has 0 aliphatic carbocycles. The van der Waals surface area contributed by atoms with Crippen LogP contribution in [0.4, 0.5) is 0 Å². The van der Waals surface area contributed by atoms with Gasteiger partial charge in [-0.15, -0.1) is 0 Å². The summed E-state index contributed by atoms with van der Waals surface area (Å²) >= 11 is 7.00. The molecule has 2 nitrogen and oxygen atoms in total. The van der Waals surface area contributed by atoms with Crippen LogP contribution in [-0.4, -0.2) is 18.1 Å². The Labute approximate surface area is 114 Å². The lowest BCUT2D eigenvalue weighted by Crippen LogP contribution is -2.41. The predicted molar refractivity (Wildman–Crippen MR) is 74.1 cm³/mol. The van der Waals surface area contributed by atoms with Crippen LogP contribution in [0.3, 0.4) is 0 Å². The summed E-state index contributed by atoms with van der Waals surface area (Å²) in [5.41, 5.74) is 4.79. The van der Waals surface area contributed by atoms with Crippen molar-refractivity contribution in [3.05, 3.63) is 32.7 Å². The molecule has 0 amide bonds. The van der Waals surface area contributed by atoms with E-state index in [1.54, 1.807) is 0 Å². The maximum atomic E-state index is 3.52. The van der Waals surface area contributed by atoms with Gasteiger partial charge in [0.05, 0.1) is 0 Å². The first-order valence-corrected chi connectivity index (χ1v) is 7.27. The Hall–Kier alpha value is 0.1000. The van der Waals surface area contributed by atoms with Crippen molar-refractivity contribution in [3.8, 4) is 0 Å². The van der Waals surface area contributed by atoms with Gasteiger partial charge in [0.2, 0.25) is 0 Å². The lowest BCUT2D eigenvalue weighted by atomic mass is 10.2. The fourth-order valence-electron chi connectivity index (χ4n) is 1.90. The first-order chi connectivity index (χ1) is 7.75. The van der Waals surface area contributed by atoms with E-state index in [4.69, 9.17) is 0 Å². The summed E-state index contributed by atoms with van der Waals surface area (Å²) in [6.45, 7) is 3.27. The minimum Gasteiger partial charge on any atom is -0.251 e. The highest BCUT2D eigenvalue weighted by Crippen LogP contribution is 2.23. The first-order valence-electron chi connectivity index (χ1n) is 5.68. The third-order valence-electron chi connectivity index (χ3n) is 2.85. The Bertz CT molecular complexity index is 349. The lowest BCUT2D eigenvalue weighted by Gasteiger charge is -2.27. The number of hydrogen-bond acceptors (Lipinski definition) is 2. The van der Waals surface area contributed by atoms with Crippen molar-refractivity contribution in [2.75, 3.05) is 13.1 Å². The molecule has 2 rings (SSSR count). The number of halogens is 2. The number of hydrogen-bond donors (Lipinski definition) is 1. The number of hydrazine groups is 1. The summed E-state index contributed by atoms with van der Waals surface area (Å²) in [6, 6.07) is 6.38. The molecule has 0 unspecified atom stereocenters. The van der Waals surface area contributed by atoms with E-state index in [0.717, 1.165) is 15.5 Å². The van der Waals surface area contributed by atoms with Crippen molar-refractivity contribution in [2.45, 2.75) is 25.8 Å². The molecule has 1 aromatic rings. The van der Waals surface area contributed by atoms with Crippen molar-refractivity contribution < 1.29 is 0 Å². The molecular formula is C12H16Br2N2. The largest absolute Gasteiger partial charge is 0.251 e. The minimum atomic E-state index is 0.909. The number of piperidine rings is 1. The zero-order valence-electron chi connectivity index (χ0n) is 9.18. The van der Waals surface area contributed by atoms with Crippen molar-refractivity contribution in [1.29, 1.82) is 0 Å². The second kappa shape index (κ2) is 6.15. The topological polar surface area (TPSA) is 15.3 Å². The summed E-state index contributed by atoms with van der Waals surface area (Å²) in [7, 11) is 0. The van der Waals surface area contributed by atoms with Gasteiger partial charge in [-0.3, -0.25) is 5.43 Å². The zero-order chi connectivity index (χ0) is 11.4. The number of nitrogens with one attached hydrogen (secondary N) is 1. The van der Waals surface area contributed by atoms with Crippen molar-refractivity contribution in [2.24, 2.45) is 0 Å². The van der Waals surface area contributed by atoms with E-state index in [1.807, 2.05) is 0 Å². The molecule has 0 bridgehead atoms. The van der Waals surface area contributed by atoms with Crippen LogP contribution in [0.15, 0.2) is 27.1 Å². The summed E-state index contributed by atoms with van der Waals surface area (Å²) in [4.78, 5) is 0. The van der Waals surface area contributed by atoms with Gasteiger partial charge in [-0.25, -0.2) is 5.01 Å². The van der Waals surface area contributed by atoms with Crippen molar-refractivity contribution in [1.82, 2.24) is 10.4 Å². The highest BCUT2D eigenvalue weighted by atomic mass is 79.9. The molecule has 0 radical (unpaired) electrons. The van der Waals surface area contributed by atoms with Gasteiger partial charge < -0.3 is 0 Å². The van der Waals surface area contributed by atoms with Crippen LogP contribution in [0.2, 0.25) is 0 Å². The molecule has 1 N–H and O–H groups in total. The third-order valence-corrected chi connectivity index (χ3v) is 4.73. The zero-order valence-corrected chi connectivity index (χ0v) is 12.3. The fraction of sp³-hybridized carbons (Fsp3) is 0.500. The minimum absolute atomic E-state index is 0.909. The van der Waals surface area contributed by atoms with E-state index >= 15 is 0 Å². The third kappa shape index (κ3) is 3.55. The molecule has 1 aliphatic heterocycles. The average molecular weight is 348 g/mol. The molecule has 1 aliphatic rings. The Balaban J connectivity index is 1.86. The molecule has 1 saturated heterocycles. The predicted octanol–water partition coefficient (Wildman–Crippen LogP) is 3.70. The highest BCUT2D eigenvalue weighted by molar-refractivity contribution is 9.13. The summed E-state index contributed by atoms with van der Waals surface area (Å²) in [5, 5.41) is 2.33. The number of benzene rings is 1. The van der Waals surface area contributed by atoms with E-state index in [1.165, 1.54) is 37.9 Å². The molecule has 0 aromatic heterocycles. The van der Waals surface area contributed by atoms with Crippen LogP contribution in [0.25, 0.3) is 0 Å². The van der Waals surface area contributed by atoms with E-state index < -0.39 is 0 Å². The average Bonchev–Trinajstić information content (AvgIpc) is 2.32. The highest BCUT2D eigenvalue weighted by Gasteiger charge is 2.09. The first kappa shape index (κ1) is 12.6. The molecule has 16 heavy (non-hydrogen) atoms. The Kier molecular flexibility index (Phi) is 4.82. The molecular weight excluding hydrogens is 332 g/mol. The van der Waals surface area contributed by atoms with Crippen molar-refractivity contribution in [3.63, 3.8) is 0 Å². The summed E-state index contributed by atoms with van der Waals surface area (Å²) in [5.74, 6) is 0. The van der Waals surface area contributed by atoms with Gasteiger partial charge >= 0.3 is 0 Å². The quantitative estimate of drug-likeness (QED) is 0.896. The SMILES string of the molecule is Brc1ccc(CNN2CCCCC2)cc1Br. The van der Waals surface area contributed by atoms with Crippen molar-refractivity contribution >= 4 is 31.9 Å². The van der Waals surface area contributed by atoms with Crippen LogP contribution >= 0.6 is 31.9 Å². The van der Waals surface area contributed by atoms with Gasteiger partial charge in [0.25, 0.3) is 0 Å². The maximum Gasteiger partial charge on any atom is 0.0353 e. The maximum absolute atomic E-state index is 3.52. The molecule has 0 spiro atoms. The second-order valence-corrected chi connectivity index (χ2v) is 5.84. The summed E-state index contributed by atoms with van der Waals surface area (Å²) < 4.78 is 2.22. The van der Waals surface area contributed by atoms with E-state index in [9.17, 15) is 0 Å². The molecule has 1 fully saturated rings. The van der Waals surface area contributed by atoms with Crippen LogP contribution < -0.4 is 5.43 Å². The van der Waals surface area contributed by atoms with Crippen LogP contribution in [0.5, 0.6) is 0 Å². The monoisotopic (exact) mass is 346 g/mol. The molecule has 1 aromatic carbocycles. The standard InChI is InChI=1S/C12H16Br2N2/c13-11-5-4-10(8-12(11)14)9-15-16-6-2-1-3-7-16/h4-5,8,15H,1-3,6-7,9H2. The second-order valence-electron chi connectivity index (χ2n) is 4.13. The Morgan fingerprint density at radius 3 is 2.50 bits per heavy atom. The summed E-state index contributed by atoms with van der Waals surface area (Å²) in [6.07, 6.45) is 4.01. The Morgan fingerprint density at radius 2 is 1.81 bits per heavy atom. The van der Waals surface area contributed by atoms with Gasteiger partial charge in [0.15, 0.2) is 0 Å². The smallest absolute Gasteiger partial charge is 0.0353 e. The van der Waals surface area contributed by atoms with Crippen LogP contribution in [-0.2, 0) is 6.54 Å². The van der Waals surface area contributed by atoms with Gasteiger partial charge in [0.1, 0.15) is 0 Å². The van der Waals surface area contributed by atoms with Crippen LogP contribution in [0, 0.1) is 0 Å². The number of nitrogens with zero attached hydrogens (tertiary/aromatic N) is 1. The Morgan fingerprint density at radius 1 is 1.06 bits per heavy atom. The molecule has 0 saturated carbocycles. The van der Waals surface area contributed by atoms with E-state index in [0.29, 0.717) is 0 Å². The van der Waals surface area contributed by atoms with Gasteiger partial charge in [0, 0.05) is 28.6 Å². The van der Waals surface area contributed by atoms with Gasteiger partial charge in [-0.2, -0.15) is 0 Å². The molecule has 88 valence electrons. The fourth-order valence-corrected chi connectivity index (χ4v) is 2.58. The van der Waals surface area contributed by atoms with E-state index in [-0.39, 0.29) is 0 Å². The molecule has 1 heterocycles. The molecule has 0 atom stereocenters. The van der Waals surface area contributed by atoms with E-state index in [2.05, 4.69) is 60.5 Å². The molecule has 4 heteroatoms. The van der Waals surface area contributed by atoms with Gasteiger partial charge in [-0.1, -0.05) is 12.5 Å².